The predicted molar refractivity (Wildman–Crippen MR) is 108 cm³/mol. The third-order valence-corrected chi connectivity index (χ3v) is 5.91. The number of hydrogen-bond acceptors (Lipinski definition) is 5. The molecule has 2 amide bonds. The molecule has 8 nitrogen and oxygen atoms in total. The molecule has 1 atom stereocenters. The summed E-state index contributed by atoms with van der Waals surface area (Å²) in [5.74, 6) is 0.240. The minimum absolute atomic E-state index is 0.00165. The number of nitrogens with two attached hydrogens (primary N) is 1. The van der Waals surface area contributed by atoms with E-state index < -0.39 is 10.0 Å². The molecule has 2 N–H and O–H groups in total. The highest BCUT2D eigenvalue weighted by atomic mass is 32.2. The van der Waals surface area contributed by atoms with Crippen LogP contribution in [0.15, 0.2) is 53.4 Å². The van der Waals surface area contributed by atoms with E-state index in [9.17, 15) is 18.0 Å². The fourth-order valence-electron chi connectivity index (χ4n) is 3.17. The van der Waals surface area contributed by atoms with E-state index in [1.807, 2.05) is 12.1 Å². The van der Waals surface area contributed by atoms with Gasteiger partial charge in [-0.3, -0.25) is 9.59 Å². The molecule has 3 rings (SSSR count). The molecule has 0 aromatic heterocycles. The molecular weight excluding hydrogens is 394 g/mol. The zero-order valence-electron chi connectivity index (χ0n) is 16.2. The van der Waals surface area contributed by atoms with Gasteiger partial charge in [-0.2, -0.15) is 0 Å². The minimum Gasteiger partial charge on any atom is -0.482 e. The maximum Gasteiger partial charge on any atom is 0.265 e. The SMILES string of the molecule is CC(c1cccc(S(N)(=O)=O)c1)N(C)C(=O)CCN1C(=O)COc2ccccc21. The first-order valence-electron chi connectivity index (χ1n) is 9.09. The van der Waals surface area contributed by atoms with Crippen LogP contribution in [0.4, 0.5) is 5.69 Å². The van der Waals surface area contributed by atoms with Gasteiger partial charge >= 0.3 is 0 Å². The van der Waals surface area contributed by atoms with E-state index in [0.717, 1.165) is 0 Å². The van der Waals surface area contributed by atoms with Gasteiger partial charge in [0, 0.05) is 20.0 Å². The maximum atomic E-state index is 12.7. The van der Waals surface area contributed by atoms with Gasteiger partial charge in [-0.1, -0.05) is 24.3 Å². The van der Waals surface area contributed by atoms with Gasteiger partial charge in [0.25, 0.3) is 5.91 Å². The van der Waals surface area contributed by atoms with Crippen molar-refractivity contribution in [3.05, 3.63) is 54.1 Å². The van der Waals surface area contributed by atoms with Crippen LogP contribution >= 0.6 is 0 Å². The molecule has 0 saturated heterocycles. The molecule has 1 heterocycles. The van der Waals surface area contributed by atoms with Crippen molar-refractivity contribution in [1.82, 2.24) is 4.90 Å². The number of carbonyl (C=O) groups is 2. The van der Waals surface area contributed by atoms with Crippen molar-refractivity contribution in [3.8, 4) is 5.75 Å². The maximum absolute atomic E-state index is 12.7. The van der Waals surface area contributed by atoms with Crippen LogP contribution in [0.2, 0.25) is 0 Å². The average Bonchev–Trinajstić information content (AvgIpc) is 2.71. The normalized spacial score (nSPS) is 14.7. The van der Waals surface area contributed by atoms with Crippen LogP contribution in [0.3, 0.4) is 0 Å². The zero-order valence-corrected chi connectivity index (χ0v) is 17.1. The molecular formula is C20H23N3O5S. The number of sulfonamides is 1. The molecule has 0 spiro atoms. The fourth-order valence-corrected chi connectivity index (χ4v) is 3.74. The largest absolute Gasteiger partial charge is 0.482 e. The van der Waals surface area contributed by atoms with Crippen LogP contribution in [0.5, 0.6) is 5.75 Å². The Bertz CT molecular complexity index is 1040. The lowest BCUT2D eigenvalue weighted by Crippen LogP contribution is -2.41. The summed E-state index contributed by atoms with van der Waals surface area (Å²) in [7, 11) is -2.18. The number of amides is 2. The van der Waals surface area contributed by atoms with Crippen molar-refractivity contribution in [1.29, 1.82) is 0 Å². The minimum atomic E-state index is -3.82. The smallest absolute Gasteiger partial charge is 0.265 e. The van der Waals surface area contributed by atoms with Crippen molar-refractivity contribution in [2.24, 2.45) is 5.14 Å². The van der Waals surface area contributed by atoms with Gasteiger partial charge in [-0.25, -0.2) is 13.6 Å². The molecule has 2 aromatic rings. The fraction of sp³-hybridized carbons (Fsp3) is 0.300. The summed E-state index contributed by atoms with van der Waals surface area (Å²) in [6.07, 6.45) is 0.121. The van der Waals surface area contributed by atoms with Gasteiger partial charge in [0.15, 0.2) is 6.61 Å². The quantitative estimate of drug-likeness (QED) is 0.769. The Kier molecular flexibility index (Phi) is 5.90. The highest BCUT2D eigenvalue weighted by molar-refractivity contribution is 7.89. The topological polar surface area (TPSA) is 110 Å². The van der Waals surface area contributed by atoms with Gasteiger partial charge < -0.3 is 14.5 Å². The lowest BCUT2D eigenvalue weighted by molar-refractivity contribution is -0.131. The van der Waals surface area contributed by atoms with Gasteiger partial charge in [-0.15, -0.1) is 0 Å². The number of fused-ring (bicyclic) bond motifs is 1. The Hall–Kier alpha value is -2.91. The Labute approximate surface area is 169 Å². The van der Waals surface area contributed by atoms with E-state index in [1.54, 1.807) is 43.1 Å². The monoisotopic (exact) mass is 417 g/mol. The Morgan fingerprint density at radius 1 is 1.24 bits per heavy atom. The van der Waals surface area contributed by atoms with Crippen molar-refractivity contribution in [2.45, 2.75) is 24.3 Å². The van der Waals surface area contributed by atoms with Crippen molar-refractivity contribution >= 4 is 27.5 Å². The summed E-state index contributed by atoms with van der Waals surface area (Å²) in [5.41, 5.74) is 1.30. The molecule has 2 aromatic carbocycles. The molecule has 0 radical (unpaired) electrons. The molecule has 154 valence electrons. The lowest BCUT2D eigenvalue weighted by Gasteiger charge is -2.30. The molecule has 0 fully saturated rings. The first-order chi connectivity index (χ1) is 13.7. The molecule has 0 aliphatic carbocycles. The highest BCUT2D eigenvalue weighted by Gasteiger charge is 2.26. The molecule has 0 bridgehead atoms. The van der Waals surface area contributed by atoms with Crippen LogP contribution in [-0.2, 0) is 19.6 Å². The first kappa shape index (κ1) is 20.8. The third kappa shape index (κ3) is 4.57. The number of carbonyl (C=O) groups excluding carboxylic acids is 2. The van der Waals surface area contributed by atoms with E-state index in [0.29, 0.717) is 17.0 Å². The van der Waals surface area contributed by atoms with Gasteiger partial charge in [0.1, 0.15) is 5.75 Å². The zero-order chi connectivity index (χ0) is 21.2. The summed E-state index contributed by atoms with van der Waals surface area (Å²) >= 11 is 0. The summed E-state index contributed by atoms with van der Waals surface area (Å²) in [5, 5.41) is 5.19. The first-order valence-corrected chi connectivity index (χ1v) is 10.6. The molecule has 0 saturated carbocycles. The van der Waals surface area contributed by atoms with E-state index in [2.05, 4.69) is 0 Å². The highest BCUT2D eigenvalue weighted by Crippen LogP contribution is 2.31. The van der Waals surface area contributed by atoms with E-state index in [4.69, 9.17) is 9.88 Å². The van der Waals surface area contributed by atoms with Gasteiger partial charge in [-0.05, 0) is 36.8 Å². The van der Waals surface area contributed by atoms with E-state index in [-0.39, 0.29) is 42.3 Å². The molecule has 1 aliphatic heterocycles. The van der Waals surface area contributed by atoms with Gasteiger partial charge in [0.2, 0.25) is 15.9 Å². The second-order valence-electron chi connectivity index (χ2n) is 6.85. The third-order valence-electron chi connectivity index (χ3n) is 5.00. The number of rotatable bonds is 6. The lowest BCUT2D eigenvalue weighted by atomic mass is 10.1. The predicted octanol–water partition coefficient (Wildman–Crippen LogP) is 1.67. The number of nitrogens with zero attached hydrogens (tertiary/aromatic N) is 2. The summed E-state index contributed by atoms with van der Waals surface area (Å²) in [4.78, 5) is 28.0. The van der Waals surface area contributed by atoms with E-state index >= 15 is 0 Å². The summed E-state index contributed by atoms with van der Waals surface area (Å²) in [6, 6.07) is 13.0. The summed E-state index contributed by atoms with van der Waals surface area (Å²) in [6.45, 7) is 1.97. The van der Waals surface area contributed by atoms with Crippen LogP contribution in [-0.4, -0.2) is 45.3 Å². The molecule has 1 aliphatic rings. The van der Waals surface area contributed by atoms with Crippen LogP contribution in [0.1, 0.15) is 24.9 Å². The number of primary sulfonamides is 1. The second-order valence-corrected chi connectivity index (χ2v) is 8.41. The van der Waals surface area contributed by atoms with Crippen molar-refractivity contribution < 1.29 is 22.7 Å². The number of hydrogen-bond donors (Lipinski definition) is 1. The molecule has 1 unspecified atom stereocenters. The molecule has 9 heteroatoms. The van der Waals surface area contributed by atoms with Gasteiger partial charge in [0.05, 0.1) is 16.6 Å². The number of ether oxygens (including phenoxy) is 1. The number of anilines is 1. The van der Waals surface area contributed by atoms with Crippen LogP contribution in [0, 0.1) is 0 Å². The Morgan fingerprint density at radius 3 is 2.69 bits per heavy atom. The standard InChI is InChI=1S/C20H23N3O5S/c1-14(15-6-5-7-16(12-15)29(21,26)27)22(2)19(24)10-11-23-17-8-3-4-9-18(17)28-13-20(23)25/h3-9,12,14H,10-11,13H2,1-2H3,(H2,21,26,27). The number of benzene rings is 2. The molecule has 29 heavy (non-hydrogen) atoms. The van der Waals surface area contributed by atoms with E-state index in [1.165, 1.54) is 17.0 Å². The van der Waals surface area contributed by atoms with Crippen LogP contribution in [0.25, 0.3) is 0 Å². The Morgan fingerprint density at radius 2 is 1.97 bits per heavy atom. The van der Waals surface area contributed by atoms with Crippen molar-refractivity contribution in [3.63, 3.8) is 0 Å². The average molecular weight is 417 g/mol. The summed E-state index contributed by atoms with van der Waals surface area (Å²) < 4.78 is 28.5. The van der Waals surface area contributed by atoms with Crippen LogP contribution < -0.4 is 14.8 Å². The Balaban J connectivity index is 1.69. The second kappa shape index (κ2) is 8.22. The number of para-hydroxylation sites is 2. The van der Waals surface area contributed by atoms with Crippen molar-refractivity contribution in [2.75, 3.05) is 25.1 Å².